The third kappa shape index (κ3) is 1.60. The first-order valence-corrected chi connectivity index (χ1v) is 2.59. The van der Waals surface area contributed by atoms with E-state index in [4.69, 9.17) is 4.84 Å². The molecular weight excluding hydrogens is 109 g/mol. The summed E-state index contributed by atoms with van der Waals surface area (Å²) < 4.78 is 12.2. The van der Waals surface area contributed by atoms with E-state index in [-0.39, 0.29) is 12.4 Å². The molecule has 0 saturated carbocycles. The van der Waals surface area contributed by atoms with E-state index < -0.39 is 0 Å². The molecule has 0 amide bonds. The van der Waals surface area contributed by atoms with Crippen molar-refractivity contribution in [2.75, 3.05) is 13.2 Å². The summed E-state index contributed by atoms with van der Waals surface area (Å²) in [6.45, 7) is 0.771. The molecule has 0 atom stereocenters. The van der Waals surface area contributed by atoms with E-state index in [1.807, 2.05) is 0 Å². The molecule has 3 heteroatoms. The molecule has 0 aromatic heterocycles. The Morgan fingerprint density at radius 2 is 2.62 bits per heavy atom. The van der Waals surface area contributed by atoms with Crippen LogP contribution in [0.2, 0.25) is 0 Å². The van der Waals surface area contributed by atoms with Crippen LogP contribution in [0.1, 0.15) is 6.42 Å². The van der Waals surface area contributed by atoms with Crippen molar-refractivity contribution in [3.05, 3.63) is 11.9 Å². The minimum absolute atomic E-state index is 0.137. The van der Waals surface area contributed by atoms with Gasteiger partial charge in [-0.1, -0.05) is 0 Å². The molecule has 2 nitrogen and oxygen atoms in total. The van der Waals surface area contributed by atoms with Crippen molar-refractivity contribution in [2.45, 2.75) is 6.42 Å². The summed E-state index contributed by atoms with van der Waals surface area (Å²) in [5, 5.41) is 0. The molecule has 46 valence electrons. The van der Waals surface area contributed by atoms with Gasteiger partial charge in [-0.2, -0.15) is 5.48 Å². The van der Waals surface area contributed by atoms with Crippen LogP contribution in [0.15, 0.2) is 11.9 Å². The van der Waals surface area contributed by atoms with Crippen LogP contribution in [-0.4, -0.2) is 13.2 Å². The summed E-state index contributed by atoms with van der Waals surface area (Å²) in [6, 6.07) is 0. The molecule has 0 radical (unpaired) electrons. The Hall–Kier alpha value is -0.410. The van der Waals surface area contributed by atoms with Gasteiger partial charge in [-0.05, 0) is 12.5 Å². The van der Waals surface area contributed by atoms with Crippen molar-refractivity contribution >= 4 is 0 Å². The molecule has 1 rings (SSSR count). The largest absolute Gasteiger partial charge is 0.301 e. The summed E-state index contributed by atoms with van der Waals surface area (Å²) in [4.78, 5) is 4.72. The predicted molar refractivity (Wildman–Crippen MR) is 27.8 cm³/mol. The number of halogens is 1. The minimum atomic E-state index is -0.137. The SMILES string of the molecule is FC1=CCCONC1. The second kappa shape index (κ2) is 2.79. The quantitative estimate of drug-likeness (QED) is 0.506. The van der Waals surface area contributed by atoms with Gasteiger partial charge in [0.15, 0.2) is 0 Å². The Labute approximate surface area is 47.3 Å². The maximum absolute atomic E-state index is 12.2. The molecule has 0 aromatic carbocycles. The van der Waals surface area contributed by atoms with E-state index in [0.717, 1.165) is 0 Å². The minimum Gasteiger partial charge on any atom is -0.301 e. The Balaban J connectivity index is 2.36. The Kier molecular flexibility index (Phi) is 2.00. The molecule has 0 unspecified atom stereocenters. The van der Waals surface area contributed by atoms with Crippen LogP contribution in [-0.2, 0) is 4.84 Å². The summed E-state index contributed by atoms with van der Waals surface area (Å²) in [6.07, 6.45) is 2.19. The summed E-state index contributed by atoms with van der Waals surface area (Å²) in [5.41, 5.74) is 2.45. The van der Waals surface area contributed by atoms with Gasteiger partial charge in [0, 0.05) is 0 Å². The standard InChI is InChI=1S/C5H8FNO/c6-5-2-1-3-8-7-4-5/h2,7H,1,3-4H2. The van der Waals surface area contributed by atoms with Gasteiger partial charge in [-0.3, -0.25) is 0 Å². The topological polar surface area (TPSA) is 21.3 Å². The van der Waals surface area contributed by atoms with Crippen LogP contribution in [0.25, 0.3) is 0 Å². The predicted octanol–water partition coefficient (Wildman–Crippen LogP) is 0.765. The van der Waals surface area contributed by atoms with E-state index in [1.165, 1.54) is 6.08 Å². The maximum Gasteiger partial charge on any atom is 0.112 e. The average Bonchev–Trinajstić information content (AvgIpc) is 1.94. The lowest BCUT2D eigenvalue weighted by Gasteiger charge is -1.95. The highest BCUT2D eigenvalue weighted by Gasteiger charge is 1.97. The van der Waals surface area contributed by atoms with Crippen LogP contribution >= 0.6 is 0 Å². The van der Waals surface area contributed by atoms with Crippen LogP contribution < -0.4 is 5.48 Å². The van der Waals surface area contributed by atoms with Gasteiger partial charge in [0.2, 0.25) is 0 Å². The van der Waals surface area contributed by atoms with Crippen LogP contribution in [0, 0.1) is 0 Å². The second-order valence-corrected chi connectivity index (χ2v) is 1.61. The number of nitrogens with one attached hydrogen (secondary N) is 1. The first-order valence-electron chi connectivity index (χ1n) is 2.59. The maximum atomic E-state index is 12.2. The molecule has 0 aromatic rings. The number of rotatable bonds is 0. The number of hydrogen-bond donors (Lipinski definition) is 1. The van der Waals surface area contributed by atoms with E-state index in [2.05, 4.69) is 5.48 Å². The molecule has 0 aliphatic carbocycles. The van der Waals surface area contributed by atoms with Crippen molar-refractivity contribution < 1.29 is 9.23 Å². The third-order valence-electron chi connectivity index (χ3n) is 0.929. The van der Waals surface area contributed by atoms with Crippen molar-refractivity contribution in [3.8, 4) is 0 Å². The molecule has 0 fully saturated rings. The lowest BCUT2D eigenvalue weighted by molar-refractivity contribution is 0.0526. The fourth-order valence-corrected chi connectivity index (χ4v) is 0.539. The van der Waals surface area contributed by atoms with E-state index in [0.29, 0.717) is 13.0 Å². The molecule has 1 aliphatic heterocycles. The van der Waals surface area contributed by atoms with Crippen molar-refractivity contribution in [2.24, 2.45) is 0 Å². The number of hydrogen-bond acceptors (Lipinski definition) is 2. The molecule has 1 N–H and O–H groups in total. The third-order valence-corrected chi connectivity index (χ3v) is 0.929. The van der Waals surface area contributed by atoms with Gasteiger partial charge in [0.25, 0.3) is 0 Å². The zero-order valence-electron chi connectivity index (χ0n) is 4.48. The fourth-order valence-electron chi connectivity index (χ4n) is 0.539. The molecule has 8 heavy (non-hydrogen) atoms. The first-order chi connectivity index (χ1) is 3.89. The van der Waals surface area contributed by atoms with E-state index in [1.54, 1.807) is 0 Å². The van der Waals surface area contributed by atoms with E-state index >= 15 is 0 Å². The van der Waals surface area contributed by atoms with Gasteiger partial charge < -0.3 is 4.84 Å². The summed E-state index contributed by atoms with van der Waals surface area (Å²) in [7, 11) is 0. The van der Waals surface area contributed by atoms with Gasteiger partial charge in [0.1, 0.15) is 5.83 Å². The molecule has 1 aliphatic rings. The molecule has 0 bridgehead atoms. The Bertz CT molecular complexity index is 103. The van der Waals surface area contributed by atoms with Gasteiger partial charge in [0.05, 0.1) is 13.2 Å². The zero-order chi connectivity index (χ0) is 5.82. The van der Waals surface area contributed by atoms with Crippen molar-refractivity contribution in [3.63, 3.8) is 0 Å². The van der Waals surface area contributed by atoms with Crippen molar-refractivity contribution in [1.29, 1.82) is 0 Å². The van der Waals surface area contributed by atoms with Gasteiger partial charge >= 0.3 is 0 Å². The normalized spacial score (nSPS) is 21.9. The average molecular weight is 117 g/mol. The van der Waals surface area contributed by atoms with Crippen LogP contribution in [0.4, 0.5) is 4.39 Å². The fraction of sp³-hybridized carbons (Fsp3) is 0.600. The zero-order valence-corrected chi connectivity index (χ0v) is 4.48. The smallest absolute Gasteiger partial charge is 0.112 e. The van der Waals surface area contributed by atoms with Gasteiger partial charge in [-0.15, -0.1) is 0 Å². The molecule has 1 heterocycles. The van der Waals surface area contributed by atoms with Crippen LogP contribution in [0.5, 0.6) is 0 Å². The molecular formula is C5H8FNO. The highest BCUT2D eigenvalue weighted by Crippen LogP contribution is 1.99. The number of hydroxylamine groups is 1. The monoisotopic (exact) mass is 117 g/mol. The summed E-state index contributed by atoms with van der Waals surface area (Å²) in [5.74, 6) is -0.137. The van der Waals surface area contributed by atoms with Crippen LogP contribution in [0.3, 0.4) is 0 Å². The molecule has 0 saturated heterocycles. The highest BCUT2D eigenvalue weighted by atomic mass is 19.1. The lowest BCUT2D eigenvalue weighted by Crippen LogP contribution is -2.14. The molecule has 0 spiro atoms. The Morgan fingerprint density at radius 3 is 3.50 bits per heavy atom. The van der Waals surface area contributed by atoms with E-state index in [9.17, 15) is 4.39 Å². The van der Waals surface area contributed by atoms with Crippen molar-refractivity contribution in [1.82, 2.24) is 5.48 Å². The first kappa shape index (κ1) is 5.72. The van der Waals surface area contributed by atoms with Gasteiger partial charge in [-0.25, -0.2) is 4.39 Å². The highest BCUT2D eigenvalue weighted by molar-refractivity contribution is 4.93. The lowest BCUT2D eigenvalue weighted by atomic mass is 10.4. The summed E-state index contributed by atoms with van der Waals surface area (Å²) >= 11 is 0. The Morgan fingerprint density at radius 1 is 1.75 bits per heavy atom. The second-order valence-electron chi connectivity index (χ2n) is 1.61.